The van der Waals surface area contributed by atoms with Crippen LogP contribution in [0.4, 0.5) is 0 Å². The highest BCUT2D eigenvalue weighted by atomic mass is 14.3. The molecule has 8 aromatic carbocycles. The van der Waals surface area contributed by atoms with Crippen molar-refractivity contribution in [3.05, 3.63) is 121 Å². The predicted molar refractivity (Wildman–Crippen MR) is 152 cm³/mol. The predicted octanol–water partition coefficient (Wildman–Crippen LogP) is 9.84. The Bertz CT molecular complexity index is 2190. The molecule has 0 saturated heterocycles. The molecule has 160 valence electrons. The summed E-state index contributed by atoms with van der Waals surface area (Å²) in [7, 11) is 0. The van der Waals surface area contributed by atoms with Crippen molar-refractivity contribution in [1.82, 2.24) is 0 Å². The van der Waals surface area contributed by atoms with Gasteiger partial charge in [0.15, 0.2) is 0 Å². The molecule has 0 spiro atoms. The van der Waals surface area contributed by atoms with Gasteiger partial charge >= 0.3 is 0 Å². The first kappa shape index (κ1) is 18.0. The van der Waals surface area contributed by atoms with Crippen LogP contribution < -0.4 is 0 Å². The standard InChI is InChI=1S/C35H20/c1-2-10-20(9-1)29-19-30-22-12-4-3-11-21(22)25-15-7-17-27-28-18-8-16-26-23-13-5-6-14-24(23)33(29)35(32(26)28)34(30)31(25)27/h1-20H. The molecule has 0 saturated carbocycles. The van der Waals surface area contributed by atoms with Crippen molar-refractivity contribution in [3.8, 4) is 0 Å². The van der Waals surface area contributed by atoms with E-state index in [1.54, 1.807) is 0 Å². The minimum atomic E-state index is 0.291. The van der Waals surface area contributed by atoms with Crippen molar-refractivity contribution in [2.24, 2.45) is 0 Å². The molecule has 0 unspecified atom stereocenters. The first-order valence-electron chi connectivity index (χ1n) is 12.4. The summed E-state index contributed by atoms with van der Waals surface area (Å²) in [6.45, 7) is 0. The summed E-state index contributed by atoms with van der Waals surface area (Å²) >= 11 is 0. The van der Waals surface area contributed by atoms with Crippen molar-refractivity contribution >= 4 is 75.4 Å². The van der Waals surface area contributed by atoms with Gasteiger partial charge < -0.3 is 0 Å². The molecule has 0 aromatic heterocycles. The Kier molecular flexibility index (Phi) is 3.17. The maximum atomic E-state index is 2.51. The maximum Gasteiger partial charge on any atom is 0.0211 e. The minimum Gasteiger partial charge on any atom is -0.0732 e. The van der Waals surface area contributed by atoms with Crippen molar-refractivity contribution < 1.29 is 0 Å². The lowest BCUT2D eigenvalue weighted by Crippen LogP contribution is -1.98. The van der Waals surface area contributed by atoms with Gasteiger partial charge in [-0.25, -0.2) is 0 Å². The molecular weight excluding hydrogens is 420 g/mol. The highest BCUT2D eigenvalue weighted by molar-refractivity contribution is 6.47. The average Bonchev–Trinajstić information content (AvgIpc) is 3.47. The van der Waals surface area contributed by atoms with Crippen LogP contribution in [0.1, 0.15) is 11.5 Å². The Morgan fingerprint density at radius 2 is 0.771 bits per heavy atom. The fourth-order valence-electron chi connectivity index (χ4n) is 7.05. The first-order chi connectivity index (χ1) is 17.4. The van der Waals surface area contributed by atoms with Gasteiger partial charge in [0.2, 0.25) is 0 Å². The topological polar surface area (TPSA) is 0 Å². The van der Waals surface area contributed by atoms with Crippen LogP contribution in [-0.4, -0.2) is 0 Å². The third kappa shape index (κ3) is 2.06. The van der Waals surface area contributed by atoms with Crippen LogP contribution >= 0.6 is 0 Å². The molecule has 35 heavy (non-hydrogen) atoms. The van der Waals surface area contributed by atoms with E-state index in [-0.39, 0.29) is 0 Å². The van der Waals surface area contributed by atoms with Crippen LogP contribution in [0.3, 0.4) is 0 Å². The molecule has 0 radical (unpaired) electrons. The van der Waals surface area contributed by atoms with Crippen LogP contribution in [0, 0.1) is 0 Å². The lowest BCUT2D eigenvalue weighted by atomic mass is 9.78. The van der Waals surface area contributed by atoms with Crippen LogP contribution in [0.25, 0.3) is 75.4 Å². The Hall–Kier alpha value is -4.42. The summed E-state index contributed by atoms with van der Waals surface area (Å²) in [6.07, 6.45) is 9.06. The first-order valence-corrected chi connectivity index (χ1v) is 12.4. The molecule has 0 amide bonds. The largest absolute Gasteiger partial charge is 0.0732 e. The van der Waals surface area contributed by atoms with Gasteiger partial charge in [0.1, 0.15) is 0 Å². The van der Waals surface area contributed by atoms with E-state index in [2.05, 4.69) is 115 Å². The minimum absolute atomic E-state index is 0.291. The Balaban J connectivity index is 1.76. The SMILES string of the molecule is C1=CC(c2cc3c4ccccc4c4cccc5c6cccc7c8ccccc8c2c(c76)c3c45)C=C1. The summed E-state index contributed by atoms with van der Waals surface area (Å²) in [5.41, 5.74) is 1.41. The van der Waals surface area contributed by atoms with Crippen molar-refractivity contribution in [3.63, 3.8) is 0 Å². The lowest BCUT2D eigenvalue weighted by Gasteiger charge is -2.24. The van der Waals surface area contributed by atoms with Crippen molar-refractivity contribution in [2.75, 3.05) is 0 Å². The number of fused-ring (bicyclic) bond motifs is 7. The van der Waals surface area contributed by atoms with Crippen molar-refractivity contribution in [2.45, 2.75) is 5.92 Å². The summed E-state index contributed by atoms with van der Waals surface area (Å²) in [5, 5.41) is 19.3. The van der Waals surface area contributed by atoms with Gasteiger partial charge in [-0.3, -0.25) is 0 Å². The van der Waals surface area contributed by atoms with Gasteiger partial charge in [-0.05, 0) is 87.0 Å². The van der Waals surface area contributed by atoms with Gasteiger partial charge in [-0.15, -0.1) is 0 Å². The van der Waals surface area contributed by atoms with E-state index in [4.69, 9.17) is 0 Å². The molecule has 0 N–H and O–H groups in total. The maximum absolute atomic E-state index is 2.51. The molecular formula is C35H20. The monoisotopic (exact) mass is 440 g/mol. The number of rotatable bonds is 1. The van der Waals surface area contributed by atoms with E-state index >= 15 is 0 Å². The molecule has 0 heterocycles. The van der Waals surface area contributed by atoms with E-state index in [1.165, 1.54) is 81.0 Å². The molecule has 1 aliphatic rings. The Morgan fingerprint density at radius 1 is 0.343 bits per heavy atom. The molecule has 1 aliphatic carbocycles. The Morgan fingerprint density at radius 3 is 1.40 bits per heavy atom. The van der Waals surface area contributed by atoms with Gasteiger partial charge in [-0.2, -0.15) is 0 Å². The Labute approximate surface area is 202 Å². The molecule has 0 nitrogen and oxygen atoms in total. The third-order valence-electron chi connectivity index (χ3n) is 8.38. The number of hydrogen-bond acceptors (Lipinski definition) is 0. The summed E-state index contributed by atoms with van der Waals surface area (Å²) in [6, 6.07) is 34.3. The van der Waals surface area contributed by atoms with Crippen LogP contribution in [-0.2, 0) is 0 Å². The van der Waals surface area contributed by atoms with Gasteiger partial charge in [0.25, 0.3) is 0 Å². The molecule has 0 aliphatic heterocycles. The number of benzene rings is 8. The fourth-order valence-corrected chi connectivity index (χ4v) is 7.05. The molecule has 9 rings (SSSR count). The van der Waals surface area contributed by atoms with E-state index in [9.17, 15) is 0 Å². The molecule has 0 atom stereocenters. The van der Waals surface area contributed by atoms with Crippen LogP contribution in [0.2, 0.25) is 0 Å². The van der Waals surface area contributed by atoms with Gasteiger partial charge in [-0.1, -0.05) is 109 Å². The van der Waals surface area contributed by atoms with E-state index in [0.717, 1.165) is 0 Å². The van der Waals surface area contributed by atoms with E-state index in [0.29, 0.717) is 5.92 Å². The van der Waals surface area contributed by atoms with E-state index in [1.807, 2.05) is 0 Å². The quantitative estimate of drug-likeness (QED) is 0.176. The highest BCUT2D eigenvalue weighted by Crippen LogP contribution is 2.52. The molecule has 0 fully saturated rings. The zero-order valence-electron chi connectivity index (χ0n) is 19.0. The molecule has 0 heteroatoms. The molecule has 0 bridgehead atoms. The second-order valence-corrected chi connectivity index (χ2v) is 9.98. The number of allylic oxidation sites excluding steroid dienone is 4. The zero-order valence-corrected chi connectivity index (χ0v) is 19.0. The highest BCUT2D eigenvalue weighted by Gasteiger charge is 2.24. The summed E-state index contributed by atoms with van der Waals surface area (Å²) in [5.74, 6) is 0.291. The van der Waals surface area contributed by atoms with Crippen LogP contribution in [0.5, 0.6) is 0 Å². The van der Waals surface area contributed by atoms with Gasteiger partial charge in [0.05, 0.1) is 0 Å². The van der Waals surface area contributed by atoms with Gasteiger partial charge in [0, 0.05) is 5.92 Å². The lowest BCUT2D eigenvalue weighted by molar-refractivity contribution is 1.13. The average molecular weight is 441 g/mol. The van der Waals surface area contributed by atoms with E-state index < -0.39 is 0 Å². The second kappa shape index (κ2) is 6.17. The van der Waals surface area contributed by atoms with Crippen molar-refractivity contribution in [1.29, 1.82) is 0 Å². The van der Waals surface area contributed by atoms with Crippen LogP contribution in [0.15, 0.2) is 115 Å². The fraction of sp³-hybridized carbons (Fsp3) is 0.0286. The summed E-state index contributed by atoms with van der Waals surface area (Å²) in [4.78, 5) is 0. The zero-order chi connectivity index (χ0) is 22.7. The third-order valence-corrected chi connectivity index (χ3v) is 8.38. The molecule has 8 aromatic rings. The second-order valence-electron chi connectivity index (χ2n) is 9.98. The summed E-state index contributed by atoms with van der Waals surface area (Å²) < 4.78 is 0. The smallest absolute Gasteiger partial charge is 0.0211 e. The normalized spacial score (nSPS) is 14.5. The number of hydrogen-bond donors (Lipinski definition) is 0.